The fourth-order valence-corrected chi connectivity index (χ4v) is 3.34. The van der Waals surface area contributed by atoms with Crippen LogP contribution in [0.4, 0.5) is 0 Å². The second kappa shape index (κ2) is 9.00. The summed E-state index contributed by atoms with van der Waals surface area (Å²) in [6, 6.07) is 30.7. The molecular formula is C24H25NO. The van der Waals surface area contributed by atoms with E-state index in [1.165, 1.54) is 11.1 Å². The number of carbonyl (C=O) groups is 1. The number of rotatable bonds is 7. The largest absolute Gasteiger partial charge is 0.349 e. The lowest BCUT2D eigenvalue weighted by Gasteiger charge is -2.21. The van der Waals surface area contributed by atoms with E-state index in [9.17, 15) is 4.79 Å². The topological polar surface area (TPSA) is 29.1 Å². The maximum Gasteiger partial charge on any atom is 0.221 e. The smallest absolute Gasteiger partial charge is 0.221 e. The number of nitrogens with one attached hydrogen (secondary N) is 1. The molecule has 0 saturated heterocycles. The Labute approximate surface area is 155 Å². The summed E-state index contributed by atoms with van der Waals surface area (Å²) in [5.74, 6) is 0.143. The molecule has 0 heterocycles. The minimum atomic E-state index is 0.0518. The van der Waals surface area contributed by atoms with Crippen LogP contribution in [0.1, 0.15) is 48.4 Å². The van der Waals surface area contributed by atoms with E-state index in [1.54, 1.807) is 0 Å². The van der Waals surface area contributed by atoms with Gasteiger partial charge in [-0.15, -0.1) is 0 Å². The van der Waals surface area contributed by atoms with E-state index in [0.29, 0.717) is 6.42 Å². The van der Waals surface area contributed by atoms with Gasteiger partial charge in [-0.2, -0.15) is 0 Å². The number of amides is 1. The lowest BCUT2D eigenvalue weighted by atomic mass is 9.88. The zero-order valence-corrected chi connectivity index (χ0v) is 15.1. The number of hydrogen-bond donors (Lipinski definition) is 1. The van der Waals surface area contributed by atoms with Gasteiger partial charge < -0.3 is 5.32 Å². The van der Waals surface area contributed by atoms with Gasteiger partial charge in [0.25, 0.3) is 0 Å². The first-order chi connectivity index (χ1) is 12.8. The van der Waals surface area contributed by atoms with Crippen LogP contribution >= 0.6 is 0 Å². The average molecular weight is 343 g/mol. The Morgan fingerprint density at radius 2 is 1.15 bits per heavy atom. The van der Waals surface area contributed by atoms with Crippen LogP contribution in [0.25, 0.3) is 0 Å². The van der Waals surface area contributed by atoms with Crippen molar-refractivity contribution in [3.8, 4) is 0 Å². The van der Waals surface area contributed by atoms with Crippen molar-refractivity contribution >= 4 is 5.91 Å². The summed E-state index contributed by atoms with van der Waals surface area (Å²) < 4.78 is 0. The van der Waals surface area contributed by atoms with Crippen molar-refractivity contribution in [2.45, 2.75) is 31.7 Å². The lowest BCUT2D eigenvalue weighted by Crippen LogP contribution is -2.29. The molecule has 132 valence electrons. The highest BCUT2D eigenvalue weighted by atomic mass is 16.1. The second-order valence-corrected chi connectivity index (χ2v) is 6.52. The van der Waals surface area contributed by atoms with Gasteiger partial charge in [-0.1, -0.05) is 97.9 Å². The third-order valence-corrected chi connectivity index (χ3v) is 4.74. The predicted octanol–water partition coefficient (Wildman–Crippen LogP) is 5.48. The summed E-state index contributed by atoms with van der Waals surface area (Å²) in [6.45, 7) is 2.10. The monoisotopic (exact) mass is 343 g/mol. The van der Waals surface area contributed by atoms with E-state index >= 15 is 0 Å². The Morgan fingerprint density at radius 1 is 0.731 bits per heavy atom. The fourth-order valence-electron chi connectivity index (χ4n) is 3.34. The molecule has 26 heavy (non-hydrogen) atoms. The zero-order chi connectivity index (χ0) is 18.2. The third-order valence-electron chi connectivity index (χ3n) is 4.74. The molecule has 3 aromatic rings. The summed E-state index contributed by atoms with van der Waals surface area (Å²) >= 11 is 0. The van der Waals surface area contributed by atoms with Gasteiger partial charge in [0.05, 0.1) is 6.04 Å². The van der Waals surface area contributed by atoms with Crippen LogP contribution in [0.3, 0.4) is 0 Å². The van der Waals surface area contributed by atoms with Crippen molar-refractivity contribution in [1.29, 1.82) is 0 Å². The molecule has 0 unspecified atom stereocenters. The van der Waals surface area contributed by atoms with Crippen molar-refractivity contribution in [3.05, 3.63) is 108 Å². The standard InChI is InChI=1S/C24H25NO/c1-2-23(21-16-10-5-11-17-21)25-24(26)18-22(19-12-6-3-7-13-19)20-14-8-4-9-15-20/h3-17,22-23H,2,18H2,1H3,(H,25,26)/t23-/m0/s1. The van der Waals surface area contributed by atoms with Gasteiger partial charge in [-0.3, -0.25) is 4.79 Å². The van der Waals surface area contributed by atoms with Gasteiger partial charge >= 0.3 is 0 Å². The third kappa shape index (κ3) is 4.60. The van der Waals surface area contributed by atoms with Crippen LogP contribution in [0.2, 0.25) is 0 Å². The Kier molecular flexibility index (Phi) is 6.21. The van der Waals surface area contributed by atoms with Crippen LogP contribution in [-0.4, -0.2) is 5.91 Å². The molecule has 3 aromatic carbocycles. The Hall–Kier alpha value is -2.87. The molecule has 0 spiro atoms. The molecule has 0 aromatic heterocycles. The van der Waals surface area contributed by atoms with Gasteiger partial charge in [-0.25, -0.2) is 0 Å². The summed E-state index contributed by atoms with van der Waals surface area (Å²) in [6.07, 6.45) is 1.31. The first-order valence-electron chi connectivity index (χ1n) is 9.22. The van der Waals surface area contributed by atoms with Crippen molar-refractivity contribution in [2.75, 3.05) is 0 Å². The molecule has 0 radical (unpaired) electrons. The molecule has 3 rings (SSSR count). The molecule has 0 aliphatic heterocycles. The van der Waals surface area contributed by atoms with E-state index < -0.39 is 0 Å². The molecule has 1 atom stereocenters. The van der Waals surface area contributed by atoms with Crippen molar-refractivity contribution in [1.82, 2.24) is 5.32 Å². The van der Waals surface area contributed by atoms with Gasteiger partial charge in [0.2, 0.25) is 5.91 Å². The van der Waals surface area contributed by atoms with Crippen molar-refractivity contribution in [2.24, 2.45) is 0 Å². The minimum absolute atomic E-state index is 0.0518. The zero-order valence-electron chi connectivity index (χ0n) is 15.1. The van der Waals surface area contributed by atoms with Gasteiger partial charge in [0, 0.05) is 12.3 Å². The van der Waals surface area contributed by atoms with E-state index in [-0.39, 0.29) is 17.9 Å². The lowest BCUT2D eigenvalue weighted by molar-refractivity contribution is -0.122. The number of hydrogen-bond acceptors (Lipinski definition) is 1. The quantitative estimate of drug-likeness (QED) is 0.605. The van der Waals surface area contributed by atoms with E-state index in [1.807, 2.05) is 54.6 Å². The summed E-state index contributed by atoms with van der Waals surface area (Å²) in [7, 11) is 0. The predicted molar refractivity (Wildman–Crippen MR) is 107 cm³/mol. The summed E-state index contributed by atoms with van der Waals surface area (Å²) in [5, 5.41) is 3.21. The highest BCUT2D eigenvalue weighted by Crippen LogP contribution is 2.28. The fraction of sp³-hybridized carbons (Fsp3) is 0.208. The summed E-state index contributed by atoms with van der Waals surface area (Å²) in [4.78, 5) is 12.8. The normalized spacial score (nSPS) is 11.9. The molecular weight excluding hydrogens is 318 g/mol. The maximum atomic E-state index is 12.8. The maximum absolute atomic E-state index is 12.8. The van der Waals surface area contributed by atoms with E-state index in [2.05, 4.69) is 48.6 Å². The molecule has 0 bridgehead atoms. The van der Waals surface area contributed by atoms with Crippen LogP contribution in [0, 0.1) is 0 Å². The number of benzene rings is 3. The summed E-state index contributed by atoms with van der Waals surface area (Å²) in [5.41, 5.74) is 3.49. The molecule has 0 aliphatic rings. The van der Waals surface area contributed by atoms with Crippen LogP contribution in [-0.2, 0) is 4.79 Å². The first-order valence-corrected chi connectivity index (χ1v) is 9.22. The molecule has 0 aliphatic carbocycles. The Morgan fingerprint density at radius 3 is 1.58 bits per heavy atom. The van der Waals surface area contributed by atoms with E-state index in [4.69, 9.17) is 0 Å². The van der Waals surface area contributed by atoms with Crippen LogP contribution in [0.5, 0.6) is 0 Å². The molecule has 1 N–H and O–H groups in total. The molecule has 1 amide bonds. The number of carbonyl (C=O) groups excluding carboxylic acids is 1. The minimum Gasteiger partial charge on any atom is -0.349 e. The van der Waals surface area contributed by atoms with Crippen LogP contribution < -0.4 is 5.32 Å². The van der Waals surface area contributed by atoms with Gasteiger partial charge in [-0.05, 0) is 23.1 Å². The van der Waals surface area contributed by atoms with Gasteiger partial charge in [0.15, 0.2) is 0 Å². The molecule has 0 saturated carbocycles. The highest BCUT2D eigenvalue weighted by Gasteiger charge is 2.20. The first kappa shape index (κ1) is 17.9. The second-order valence-electron chi connectivity index (χ2n) is 6.52. The van der Waals surface area contributed by atoms with Crippen molar-refractivity contribution in [3.63, 3.8) is 0 Å². The molecule has 2 nitrogen and oxygen atoms in total. The SMILES string of the molecule is CC[C@H](NC(=O)CC(c1ccccc1)c1ccccc1)c1ccccc1. The van der Waals surface area contributed by atoms with Gasteiger partial charge in [0.1, 0.15) is 0 Å². The molecule has 0 fully saturated rings. The van der Waals surface area contributed by atoms with Crippen molar-refractivity contribution < 1.29 is 4.79 Å². The average Bonchev–Trinajstić information content (AvgIpc) is 2.72. The van der Waals surface area contributed by atoms with Crippen LogP contribution in [0.15, 0.2) is 91.0 Å². The molecule has 2 heteroatoms. The highest BCUT2D eigenvalue weighted by molar-refractivity contribution is 5.78. The Bertz CT molecular complexity index is 760. The Balaban J connectivity index is 1.77. The van der Waals surface area contributed by atoms with E-state index in [0.717, 1.165) is 12.0 Å².